The first-order valence-electron chi connectivity index (χ1n) is 9.11. The molecule has 0 aliphatic carbocycles. The van der Waals surface area contributed by atoms with E-state index in [0.717, 1.165) is 18.2 Å². The van der Waals surface area contributed by atoms with Gasteiger partial charge in [-0.05, 0) is 24.5 Å². The summed E-state index contributed by atoms with van der Waals surface area (Å²) < 4.78 is 27.6. The fourth-order valence-corrected chi connectivity index (χ4v) is 3.18. The van der Waals surface area contributed by atoms with Crippen LogP contribution in [-0.2, 0) is 9.59 Å². The molecule has 1 aromatic carbocycles. The van der Waals surface area contributed by atoms with Crippen molar-refractivity contribution in [3.8, 4) is 0 Å². The Hall–Kier alpha value is -2.55. The van der Waals surface area contributed by atoms with Crippen LogP contribution in [0.3, 0.4) is 0 Å². The van der Waals surface area contributed by atoms with Crippen LogP contribution in [0, 0.1) is 17.6 Å². The maximum Gasteiger partial charge on any atom is 0.259 e. The predicted octanol–water partition coefficient (Wildman–Crippen LogP) is 0.948. The minimum Gasteiger partial charge on any atom is -0.380 e. The van der Waals surface area contributed by atoms with E-state index in [2.05, 4.69) is 5.32 Å². The van der Waals surface area contributed by atoms with E-state index in [1.54, 1.807) is 0 Å². The molecule has 1 heterocycles. The lowest BCUT2D eigenvalue weighted by Crippen LogP contribution is -2.58. The number of carbonyl (C=O) groups is 3. The average molecular weight is 397 g/mol. The Balaban J connectivity index is 2.04. The second-order valence-corrected chi connectivity index (χ2v) is 7.48. The van der Waals surface area contributed by atoms with Crippen molar-refractivity contribution in [3.63, 3.8) is 0 Å². The zero-order chi connectivity index (χ0) is 21.1. The maximum absolute atomic E-state index is 13.8. The summed E-state index contributed by atoms with van der Waals surface area (Å²) in [7, 11) is 0. The molecule has 0 spiro atoms. The van der Waals surface area contributed by atoms with Crippen molar-refractivity contribution < 1.29 is 28.3 Å². The van der Waals surface area contributed by atoms with Crippen LogP contribution in [-0.4, -0.2) is 52.5 Å². The molecule has 154 valence electrons. The van der Waals surface area contributed by atoms with Gasteiger partial charge in [-0.2, -0.15) is 0 Å². The van der Waals surface area contributed by atoms with Crippen LogP contribution in [0.1, 0.15) is 43.5 Å². The van der Waals surface area contributed by atoms with Gasteiger partial charge in [0.05, 0.1) is 0 Å². The molecule has 7 nitrogen and oxygen atoms in total. The molecule has 9 heteroatoms. The Bertz CT molecular complexity index is 741. The fourth-order valence-electron chi connectivity index (χ4n) is 3.18. The van der Waals surface area contributed by atoms with Gasteiger partial charge in [-0.25, -0.2) is 8.78 Å². The van der Waals surface area contributed by atoms with Crippen molar-refractivity contribution in [2.24, 2.45) is 11.7 Å². The molecule has 1 aliphatic rings. The highest BCUT2D eigenvalue weighted by Crippen LogP contribution is 2.25. The third-order valence-corrected chi connectivity index (χ3v) is 4.83. The molecule has 3 amide bonds. The minimum absolute atomic E-state index is 0.0675. The van der Waals surface area contributed by atoms with Crippen LogP contribution in [0.4, 0.5) is 8.78 Å². The summed E-state index contributed by atoms with van der Waals surface area (Å²) in [6.45, 7) is 3.59. The number of likely N-dealkylation sites (tertiary alicyclic amines) is 1. The maximum atomic E-state index is 13.8. The van der Waals surface area contributed by atoms with E-state index >= 15 is 0 Å². The Morgan fingerprint density at radius 3 is 2.21 bits per heavy atom. The smallest absolute Gasteiger partial charge is 0.259 e. The van der Waals surface area contributed by atoms with E-state index in [1.807, 2.05) is 13.8 Å². The zero-order valence-electron chi connectivity index (χ0n) is 15.9. The summed E-state index contributed by atoms with van der Waals surface area (Å²) in [5.41, 5.74) is 2.84. The van der Waals surface area contributed by atoms with Gasteiger partial charge in [0, 0.05) is 25.9 Å². The van der Waals surface area contributed by atoms with E-state index in [4.69, 9.17) is 5.73 Å². The molecule has 0 aromatic heterocycles. The molecule has 1 aromatic rings. The number of nitrogens with zero attached hydrogens (tertiary/aromatic N) is 1. The molecule has 4 N–H and O–H groups in total. The Morgan fingerprint density at radius 2 is 1.75 bits per heavy atom. The van der Waals surface area contributed by atoms with Crippen molar-refractivity contribution in [1.29, 1.82) is 0 Å². The van der Waals surface area contributed by atoms with Crippen LogP contribution < -0.4 is 11.1 Å². The monoisotopic (exact) mass is 397 g/mol. The largest absolute Gasteiger partial charge is 0.380 e. The molecule has 0 bridgehead atoms. The normalized spacial score (nSPS) is 17.3. The van der Waals surface area contributed by atoms with Gasteiger partial charge < -0.3 is 21.1 Å². The number of nitrogens with one attached hydrogen (secondary N) is 1. The average Bonchev–Trinajstić information content (AvgIpc) is 2.61. The van der Waals surface area contributed by atoms with Crippen molar-refractivity contribution in [2.45, 2.75) is 44.8 Å². The van der Waals surface area contributed by atoms with Gasteiger partial charge in [0.15, 0.2) is 0 Å². The number of nitrogens with two attached hydrogens (primary N) is 1. The number of halogens is 2. The lowest BCUT2D eigenvalue weighted by Gasteiger charge is -2.37. The third kappa shape index (κ3) is 4.83. The summed E-state index contributed by atoms with van der Waals surface area (Å²) in [6, 6.07) is 2.22. The topological polar surface area (TPSA) is 113 Å². The standard InChI is InChI=1S/C19H25F2N3O4/c1-11(2)10-14(16(22)25)23-18(27)19(28)6-8-24(9-7-19)17(26)15-12(20)4-3-5-13(15)21/h3-5,11,14,28H,6-10H2,1-2H3,(H2,22,25)(H,23,27)/t14-/m0/s1. The van der Waals surface area contributed by atoms with Gasteiger partial charge in [-0.3, -0.25) is 14.4 Å². The Labute approximate surface area is 161 Å². The van der Waals surface area contributed by atoms with Crippen LogP contribution in [0.2, 0.25) is 0 Å². The summed E-state index contributed by atoms with van der Waals surface area (Å²) in [4.78, 5) is 37.6. The number of carbonyl (C=O) groups excluding carboxylic acids is 3. The number of aliphatic hydroxyl groups is 1. The summed E-state index contributed by atoms with van der Waals surface area (Å²) in [5.74, 6) is -4.13. The lowest BCUT2D eigenvalue weighted by atomic mass is 9.89. The van der Waals surface area contributed by atoms with Crippen LogP contribution in [0.5, 0.6) is 0 Å². The minimum atomic E-state index is -1.80. The summed E-state index contributed by atoms with van der Waals surface area (Å²) in [6.07, 6.45) is 0.0654. The van der Waals surface area contributed by atoms with E-state index < -0.39 is 46.6 Å². The second-order valence-electron chi connectivity index (χ2n) is 7.48. The van der Waals surface area contributed by atoms with Crippen molar-refractivity contribution in [1.82, 2.24) is 10.2 Å². The van der Waals surface area contributed by atoms with Gasteiger partial charge in [0.1, 0.15) is 28.8 Å². The van der Waals surface area contributed by atoms with E-state index in [9.17, 15) is 28.3 Å². The van der Waals surface area contributed by atoms with Crippen LogP contribution in [0.25, 0.3) is 0 Å². The highest BCUT2D eigenvalue weighted by atomic mass is 19.1. The van der Waals surface area contributed by atoms with Gasteiger partial charge in [0.2, 0.25) is 5.91 Å². The molecule has 0 saturated carbocycles. The molecule has 2 rings (SSSR count). The number of hydrogen-bond acceptors (Lipinski definition) is 4. The number of amides is 3. The number of primary amides is 1. The quantitative estimate of drug-likeness (QED) is 0.663. The molecule has 1 aliphatic heterocycles. The van der Waals surface area contributed by atoms with Crippen molar-refractivity contribution in [2.75, 3.05) is 13.1 Å². The summed E-state index contributed by atoms with van der Waals surface area (Å²) >= 11 is 0. The fraction of sp³-hybridized carbons (Fsp3) is 0.526. The van der Waals surface area contributed by atoms with E-state index in [0.29, 0.717) is 6.42 Å². The van der Waals surface area contributed by atoms with Crippen molar-refractivity contribution in [3.05, 3.63) is 35.4 Å². The Morgan fingerprint density at radius 1 is 1.21 bits per heavy atom. The number of piperidine rings is 1. The zero-order valence-corrected chi connectivity index (χ0v) is 15.9. The first-order valence-corrected chi connectivity index (χ1v) is 9.11. The van der Waals surface area contributed by atoms with Gasteiger partial charge >= 0.3 is 0 Å². The summed E-state index contributed by atoms with van der Waals surface area (Å²) in [5, 5.41) is 13.1. The first-order chi connectivity index (χ1) is 13.0. The number of benzene rings is 1. The third-order valence-electron chi connectivity index (χ3n) is 4.83. The molecule has 1 fully saturated rings. The van der Waals surface area contributed by atoms with Gasteiger partial charge in [0.25, 0.3) is 11.8 Å². The molecule has 1 atom stereocenters. The predicted molar refractivity (Wildman–Crippen MR) is 97.0 cm³/mol. The highest BCUT2D eigenvalue weighted by molar-refractivity contribution is 5.95. The molecule has 1 saturated heterocycles. The number of hydrogen-bond donors (Lipinski definition) is 3. The molecule has 0 unspecified atom stereocenters. The van der Waals surface area contributed by atoms with Gasteiger partial charge in [-0.1, -0.05) is 19.9 Å². The lowest BCUT2D eigenvalue weighted by molar-refractivity contribution is -0.146. The SMILES string of the molecule is CC(C)C[C@H](NC(=O)C1(O)CCN(C(=O)c2c(F)cccc2F)CC1)C(N)=O. The highest BCUT2D eigenvalue weighted by Gasteiger charge is 2.42. The van der Waals surface area contributed by atoms with E-state index in [-0.39, 0.29) is 31.8 Å². The van der Waals surface area contributed by atoms with Crippen LogP contribution >= 0.6 is 0 Å². The number of rotatable bonds is 6. The molecule has 28 heavy (non-hydrogen) atoms. The second kappa shape index (κ2) is 8.64. The van der Waals surface area contributed by atoms with Crippen molar-refractivity contribution >= 4 is 17.7 Å². The molecule has 0 radical (unpaired) electrons. The molecular formula is C19H25F2N3O4. The first kappa shape index (κ1) is 21.7. The Kier molecular flexibility index (Phi) is 6.71. The van der Waals surface area contributed by atoms with Crippen LogP contribution in [0.15, 0.2) is 18.2 Å². The van der Waals surface area contributed by atoms with Gasteiger partial charge in [-0.15, -0.1) is 0 Å². The van der Waals surface area contributed by atoms with E-state index in [1.165, 1.54) is 4.90 Å². The molecular weight excluding hydrogens is 372 g/mol.